The second kappa shape index (κ2) is 12.8. The van der Waals surface area contributed by atoms with Gasteiger partial charge in [-0.3, -0.25) is 14.7 Å². The molecular weight excluding hydrogens is 583 g/mol. The van der Waals surface area contributed by atoms with E-state index in [2.05, 4.69) is 5.32 Å². The van der Waals surface area contributed by atoms with E-state index < -0.39 is 46.1 Å². The second-order valence-corrected chi connectivity index (χ2v) is 14.8. The zero-order valence-electron chi connectivity index (χ0n) is 26.9. The number of rotatable bonds is 10. The number of amides is 2. The molecule has 0 bridgehead atoms. The molecule has 2 aromatic rings. The van der Waals surface area contributed by atoms with E-state index in [0.29, 0.717) is 30.0 Å². The number of carbonyl (C=O) groups excluding carboxylic acids is 2. The van der Waals surface area contributed by atoms with Gasteiger partial charge in [0.2, 0.25) is 5.91 Å². The number of nitrogens with one attached hydrogen (secondary N) is 1. The lowest BCUT2D eigenvalue weighted by atomic mass is 9.79. The molecule has 242 valence electrons. The highest BCUT2D eigenvalue weighted by atomic mass is 32.2. The Bertz CT molecular complexity index is 1360. The summed E-state index contributed by atoms with van der Waals surface area (Å²) in [5.74, 6) is -0.734. The monoisotopic (exact) mass is 630 g/mol. The number of carbonyl (C=O) groups is 2. The minimum Gasteiger partial charge on any atom is -0.444 e. The number of thiol groups is 1. The van der Waals surface area contributed by atoms with Gasteiger partial charge < -0.3 is 15.2 Å². The van der Waals surface area contributed by atoms with Crippen molar-refractivity contribution in [1.82, 2.24) is 14.2 Å². The Kier molecular flexibility index (Phi) is 9.92. The molecule has 2 N–H and O–H groups in total. The molecule has 0 radical (unpaired) electrons. The van der Waals surface area contributed by atoms with Gasteiger partial charge >= 0.3 is 6.09 Å². The van der Waals surface area contributed by atoms with Gasteiger partial charge in [0.25, 0.3) is 0 Å². The smallest absolute Gasteiger partial charge is 0.411 e. The Balaban J connectivity index is 1.77. The number of aliphatic hydroxyl groups is 1. The van der Waals surface area contributed by atoms with Gasteiger partial charge in [-0.1, -0.05) is 31.9 Å². The van der Waals surface area contributed by atoms with Gasteiger partial charge in [-0.15, -0.1) is 0 Å². The summed E-state index contributed by atoms with van der Waals surface area (Å²) < 4.78 is 35.8. The van der Waals surface area contributed by atoms with Crippen molar-refractivity contribution in [3.8, 4) is 0 Å². The number of aromatic nitrogens is 1. The topological polar surface area (TPSA) is 112 Å². The van der Waals surface area contributed by atoms with E-state index in [4.69, 9.17) is 9.72 Å². The third-order valence-corrected chi connectivity index (χ3v) is 9.59. The zero-order valence-corrected chi connectivity index (χ0v) is 27.8. The lowest BCUT2D eigenvalue weighted by Crippen LogP contribution is -2.54. The van der Waals surface area contributed by atoms with Crippen LogP contribution in [0.4, 0.5) is 14.9 Å². The summed E-state index contributed by atoms with van der Waals surface area (Å²) >= 11 is -0.222. The molecule has 1 aliphatic carbocycles. The highest BCUT2D eigenvalue weighted by Gasteiger charge is 2.49. The number of anilines is 1. The van der Waals surface area contributed by atoms with E-state index in [0.717, 1.165) is 19.3 Å². The van der Waals surface area contributed by atoms with E-state index >= 15 is 4.39 Å². The molecule has 2 heterocycles. The fourth-order valence-electron chi connectivity index (χ4n) is 6.01. The maximum absolute atomic E-state index is 15.5. The highest BCUT2D eigenvalue weighted by Crippen LogP contribution is 2.47. The average Bonchev–Trinajstić information content (AvgIpc) is 3.70. The Hall–Kier alpha value is -2.89. The summed E-state index contributed by atoms with van der Waals surface area (Å²) in [4.78, 5) is 32.7. The van der Waals surface area contributed by atoms with Crippen LogP contribution in [0.2, 0.25) is 0 Å². The lowest BCUT2D eigenvalue weighted by molar-refractivity contribution is -0.120. The number of ether oxygens (including phenoxy) is 1. The van der Waals surface area contributed by atoms with Gasteiger partial charge in [0.1, 0.15) is 23.0 Å². The van der Waals surface area contributed by atoms with Crippen molar-refractivity contribution in [2.75, 3.05) is 11.9 Å². The summed E-state index contributed by atoms with van der Waals surface area (Å²) in [5, 5.41) is 13.8. The van der Waals surface area contributed by atoms with Crippen molar-refractivity contribution < 1.29 is 28.0 Å². The number of nitrogens with zero attached hydrogens (tertiary/aromatic N) is 3. The van der Waals surface area contributed by atoms with Crippen molar-refractivity contribution in [2.24, 2.45) is 5.92 Å². The quantitative estimate of drug-likeness (QED) is 0.290. The van der Waals surface area contributed by atoms with Crippen LogP contribution in [0.25, 0.3) is 0 Å². The predicted octanol–water partition coefficient (Wildman–Crippen LogP) is 5.70. The third-order valence-electron chi connectivity index (χ3n) is 8.48. The summed E-state index contributed by atoms with van der Waals surface area (Å²) in [5.41, 5.74) is -2.44. The Morgan fingerprint density at radius 1 is 1.18 bits per heavy atom. The van der Waals surface area contributed by atoms with Gasteiger partial charge in [0.05, 0.1) is 35.4 Å². The Morgan fingerprint density at radius 2 is 1.89 bits per heavy atom. The number of hydrogen-bond acceptors (Lipinski definition) is 6. The molecule has 1 aromatic heterocycles. The van der Waals surface area contributed by atoms with Crippen LogP contribution in [-0.4, -0.2) is 64.8 Å². The van der Waals surface area contributed by atoms with Crippen LogP contribution in [0.1, 0.15) is 98.2 Å². The summed E-state index contributed by atoms with van der Waals surface area (Å²) in [7, 11) is 0. The molecule has 1 saturated heterocycles. The minimum atomic E-state index is -1.28. The molecule has 1 aliphatic heterocycles. The molecule has 2 amide bonds. The van der Waals surface area contributed by atoms with Gasteiger partial charge in [-0.25, -0.2) is 17.7 Å². The number of pyridine rings is 1. The van der Waals surface area contributed by atoms with Crippen molar-refractivity contribution in [3.63, 3.8) is 0 Å². The van der Waals surface area contributed by atoms with Crippen molar-refractivity contribution in [2.45, 2.75) is 115 Å². The molecule has 2 aliphatic rings. The first-order valence-electron chi connectivity index (χ1n) is 15.4. The van der Waals surface area contributed by atoms with E-state index in [1.165, 1.54) is 11.0 Å². The molecule has 3 atom stereocenters. The van der Waals surface area contributed by atoms with Gasteiger partial charge in [0.15, 0.2) is 0 Å². The van der Waals surface area contributed by atoms with Crippen LogP contribution < -0.4 is 5.32 Å². The van der Waals surface area contributed by atoms with Gasteiger partial charge in [0, 0.05) is 18.2 Å². The number of β-amino-alcohol motifs (C(OH)–C–C–N with tert-alkyl or cyclic N) is 1. The SMILES string of the molecule is CCC1(O)CC(C(=O)Nc2cc(C(CCC3CC3)(c3ccccn3)N([SH]=O)C(C)(C)C)ccc2F)N(C(=O)OC(C)(C)C)C1. The molecule has 4 rings (SSSR count). The summed E-state index contributed by atoms with van der Waals surface area (Å²) in [6.45, 7) is 12.8. The van der Waals surface area contributed by atoms with Gasteiger partial charge in [-0.05, 0) is 96.6 Å². The van der Waals surface area contributed by atoms with E-state index in [9.17, 15) is 18.9 Å². The number of likely N-dealkylation sites (tertiary alicyclic amines) is 1. The first kappa shape index (κ1) is 34.0. The number of hydrogen-bond donors (Lipinski definition) is 3. The van der Waals surface area contributed by atoms with Gasteiger partial charge in [-0.2, -0.15) is 0 Å². The molecule has 0 spiro atoms. The fraction of sp³-hybridized carbons (Fsp3) is 0.606. The third kappa shape index (κ3) is 7.49. The number of halogens is 1. The molecule has 1 aromatic carbocycles. The van der Waals surface area contributed by atoms with E-state index in [1.807, 2.05) is 43.3 Å². The van der Waals surface area contributed by atoms with Crippen LogP contribution >= 0.6 is 0 Å². The Labute approximate surface area is 264 Å². The van der Waals surface area contributed by atoms with Crippen LogP contribution in [0, 0.1) is 11.7 Å². The summed E-state index contributed by atoms with van der Waals surface area (Å²) in [6, 6.07) is 9.05. The van der Waals surface area contributed by atoms with Crippen LogP contribution in [0.3, 0.4) is 0 Å². The highest BCUT2D eigenvalue weighted by molar-refractivity contribution is 7.63. The zero-order chi connectivity index (χ0) is 32.5. The molecular formula is C33H47FN4O5S. The largest absolute Gasteiger partial charge is 0.444 e. The maximum Gasteiger partial charge on any atom is 0.411 e. The first-order valence-corrected chi connectivity index (χ1v) is 16.2. The van der Waals surface area contributed by atoms with Crippen LogP contribution in [-0.2, 0) is 26.9 Å². The molecule has 2 fully saturated rings. The minimum absolute atomic E-state index is 0.0119. The van der Waals surface area contributed by atoms with E-state index in [-0.39, 0.29) is 30.5 Å². The standard InChI is InChI=1S/C33H47FN4O5S/c1-8-32(41)20-26(37(21-32)29(40)43-31(5,6)7)28(39)36-25-19-23(14-15-24(25)34)33(17-16-22-12-13-22,27-11-9-10-18-35-27)38(44-42)30(2,3)4/h9-11,14-15,18-19,22,26,41,44H,8,12-13,16-17,20-21H2,1-7H3,(H,36,39). The second-order valence-electron chi connectivity index (χ2n) is 14.2. The molecule has 11 heteroatoms. The number of benzene rings is 1. The predicted molar refractivity (Wildman–Crippen MR) is 170 cm³/mol. The van der Waals surface area contributed by atoms with Crippen LogP contribution in [0.5, 0.6) is 0 Å². The normalized spacial score (nSPS) is 22.1. The first-order chi connectivity index (χ1) is 20.5. The molecule has 3 unspecified atom stereocenters. The molecule has 44 heavy (non-hydrogen) atoms. The Morgan fingerprint density at radius 3 is 2.43 bits per heavy atom. The average molecular weight is 631 g/mol. The van der Waals surface area contributed by atoms with Crippen molar-refractivity contribution in [3.05, 3.63) is 59.7 Å². The molecule has 9 nitrogen and oxygen atoms in total. The van der Waals surface area contributed by atoms with E-state index in [1.54, 1.807) is 46.0 Å². The van der Waals surface area contributed by atoms with Crippen molar-refractivity contribution >= 4 is 29.5 Å². The lowest BCUT2D eigenvalue weighted by Gasteiger charge is -2.47. The fourth-order valence-corrected chi connectivity index (χ4v) is 6.71. The van der Waals surface area contributed by atoms with Crippen molar-refractivity contribution in [1.29, 1.82) is 0 Å². The molecule has 1 saturated carbocycles. The summed E-state index contributed by atoms with van der Waals surface area (Å²) in [6.07, 6.45) is 4.99. The maximum atomic E-state index is 15.5. The van der Waals surface area contributed by atoms with Crippen LogP contribution in [0.15, 0.2) is 42.6 Å².